The monoisotopic (exact) mass is 564 g/mol. The van der Waals surface area contributed by atoms with E-state index in [1.165, 1.54) is 4.31 Å². The molecule has 13 heteroatoms. The number of non-ortho nitro benzene ring substituents is 1. The summed E-state index contributed by atoms with van der Waals surface area (Å²) in [5.74, 6) is 2.39. The van der Waals surface area contributed by atoms with Gasteiger partial charge in [0.15, 0.2) is 0 Å². The van der Waals surface area contributed by atoms with Crippen LogP contribution in [-0.4, -0.2) is 83.1 Å². The molecule has 0 bridgehead atoms. The van der Waals surface area contributed by atoms with Gasteiger partial charge in [0.1, 0.15) is 4.90 Å². The lowest BCUT2D eigenvalue weighted by atomic mass is 10.1. The van der Waals surface area contributed by atoms with Crippen molar-refractivity contribution in [3.05, 3.63) is 63.7 Å². The van der Waals surface area contributed by atoms with Gasteiger partial charge in [0.2, 0.25) is 10.0 Å². The second-order valence-corrected chi connectivity index (χ2v) is 12.5. The summed E-state index contributed by atoms with van der Waals surface area (Å²) in [6.07, 6.45) is 7.19. The van der Waals surface area contributed by atoms with Crippen molar-refractivity contribution in [2.45, 2.75) is 24.8 Å². The Bertz CT molecular complexity index is 1380. The quantitative estimate of drug-likeness (QED) is 0.165. The molecular weight excluding hydrogens is 532 g/mol. The summed E-state index contributed by atoms with van der Waals surface area (Å²) in [6, 6.07) is 12.0. The molecule has 11 nitrogen and oxygen atoms in total. The number of benzene rings is 2. The third-order valence-corrected chi connectivity index (χ3v) is 8.60. The first kappa shape index (κ1) is 29.5. The number of nitrogens with zero attached hydrogens (tertiary/aromatic N) is 4. The fourth-order valence-corrected chi connectivity index (χ4v) is 6.40. The zero-order valence-corrected chi connectivity index (χ0v) is 23.1. The fourth-order valence-electron chi connectivity index (χ4n) is 4.34. The second-order valence-electron chi connectivity index (χ2n) is 8.92. The maximum absolute atomic E-state index is 13.9. The molecule has 38 heavy (non-hydrogen) atoms. The number of rotatable bonds is 12. The molecule has 3 rings (SSSR count). The lowest BCUT2D eigenvalue weighted by molar-refractivity contribution is -0.385. The van der Waals surface area contributed by atoms with Gasteiger partial charge in [-0.25, -0.2) is 8.42 Å². The van der Waals surface area contributed by atoms with Crippen LogP contribution in [0.25, 0.3) is 0 Å². The predicted molar refractivity (Wildman–Crippen MR) is 145 cm³/mol. The maximum atomic E-state index is 13.9. The summed E-state index contributed by atoms with van der Waals surface area (Å²) in [5.41, 5.74) is 0.846. The van der Waals surface area contributed by atoms with Crippen LogP contribution in [-0.2, 0) is 30.9 Å². The van der Waals surface area contributed by atoms with Crippen LogP contribution >= 0.6 is 0 Å². The Morgan fingerprint density at radius 2 is 1.74 bits per heavy atom. The normalized spacial score (nSPS) is 15.2. The molecule has 1 saturated heterocycles. The Kier molecular flexibility index (Phi) is 9.86. The molecule has 0 atom stereocenters. The van der Waals surface area contributed by atoms with Crippen molar-refractivity contribution >= 4 is 31.5 Å². The van der Waals surface area contributed by atoms with Crippen LogP contribution in [0, 0.1) is 22.5 Å². The molecule has 0 saturated carbocycles. The van der Waals surface area contributed by atoms with Gasteiger partial charge in [-0.05, 0) is 12.0 Å². The van der Waals surface area contributed by atoms with Gasteiger partial charge < -0.3 is 4.90 Å². The Morgan fingerprint density at radius 1 is 1.08 bits per heavy atom. The molecule has 206 valence electrons. The summed E-state index contributed by atoms with van der Waals surface area (Å²) in [6.45, 7) is 4.03. The van der Waals surface area contributed by atoms with Crippen molar-refractivity contribution in [2.75, 3.05) is 57.0 Å². The van der Waals surface area contributed by atoms with Crippen LogP contribution in [0.4, 0.5) is 11.4 Å². The van der Waals surface area contributed by atoms with Gasteiger partial charge in [-0.15, -0.1) is 6.42 Å². The number of anilines is 1. The lowest BCUT2D eigenvalue weighted by Gasteiger charge is -2.35. The number of piperazine rings is 1. The zero-order chi connectivity index (χ0) is 27.9. The zero-order valence-electron chi connectivity index (χ0n) is 21.4. The summed E-state index contributed by atoms with van der Waals surface area (Å²) in [4.78, 5) is 14.5. The molecule has 0 aliphatic carbocycles. The number of sulfonamides is 1. The Balaban J connectivity index is 1.96. The molecule has 0 unspecified atom stereocenters. The second kappa shape index (κ2) is 12.7. The first-order valence-corrected chi connectivity index (χ1v) is 15.4. The molecular formula is C25H32N4O7S2. The van der Waals surface area contributed by atoms with E-state index in [0.29, 0.717) is 32.6 Å². The van der Waals surface area contributed by atoms with Crippen LogP contribution < -0.4 is 4.90 Å². The van der Waals surface area contributed by atoms with Crippen molar-refractivity contribution < 1.29 is 25.9 Å². The van der Waals surface area contributed by atoms with E-state index in [1.54, 1.807) is 4.90 Å². The minimum absolute atomic E-state index is 0.0147. The van der Waals surface area contributed by atoms with E-state index >= 15 is 0 Å². The molecule has 1 fully saturated rings. The van der Waals surface area contributed by atoms with E-state index in [0.717, 1.165) is 24.0 Å². The van der Waals surface area contributed by atoms with E-state index in [1.807, 2.05) is 37.3 Å². The highest BCUT2D eigenvalue weighted by Gasteiger charge is 2.34. The Labute approximate surface area is 224 Å². The van der Waals surface area contributed by atoms with E-state index in [4.69, 9.17) is 10.6 Å². The SMILES string of the molecule is C#Cc1cc([N+](=O)[O-])cc(S(=O)(=O)N2CCN(Cc3ccccc3)CC2)c1N(CCC)CCOS(C)(=O)=O. The fraction of sp³-hybridized carbons (Fsp3) is 0.440. The van der Waals surface area contributed by atoms with Crippen LogP contribution in [0.2, 0.25) is 0 Å². The standard InChI is InChI=1S/C25H32N4O7S2/c1-4-11-27(16-17-36-37(3,32)33)25-22(5-2)18-23(29(30)31)19-24(25)38(34,35)28-14-12-26(13-15-28)20-21-9-7-6-8-10-21/h2,6-10,18-19H,4,11-17,20H2,1,3H3. The van der Waals surface area contributed by atoms with E-state index in [2.05, 4.69) is 10.8 Å². The molecule has 1 aliphatic rings. The summed E-state index contributed by atoms with van der Waals surface area (Å²) in [5, 5.41) is 11.7. The highest BCUT2D eigenvalue weighted by molar-refractivity contribution is 7.89. The summed E-state index contributed by atoms with van der Waals surface area (Å²) in [7, 11) is -7.91. The van der Waals surface area contributed by atoms with Gasteiger partial charge in [-0.3, -0.25) is 19.2 Å². The average molecular weight is 565 g/mol. The van der Waals surface area contributed by atoms with Crippen molar-refractivity contribution in [3.8, 4) is 12.3 Å². The van der Waals surface area contributed by atoms with Crippen LogP contribution in [0.1, 0.15) is 24.5 Å². The smallest absolute Gasteiger partial charge is 0.272 e. The minimum Gasteiger partial charge on any atom is -0.367 e. The first-order chi connectivity index (χ1) is 18.0. The Hall–Kier alpha value is -3.02. The van der Waals surface area contributed by atoms with Gasteiger partial charge >= 0.3 is 0 Å². The average Bonchev–Trinajstić information content (AvgIpc) is 2.87. The molecule has 0 amide bonds. The van der Waals surface area contributed by atoms with Crippen molar-refractivity contribution in [3.63, 3.8) is 0 Å². The predicted octanol–water partition coefficient (Wildman–Crippen LogP) is 2.28. The summed E-state index contributed by atoms with van der Waals surface area (Å²) < 4.78 is 57.0. The third-order valence-electron chi connectivity index (χ3n) is 6.09. The maximum Gasteiger partial charge on any atom is 0.272 e. The van der Waals surface area contributed by atoms with Gasteiger partial charge in [-0.1, -0.05) is 43.2 Å². The first-order valence-electron chi connectivity index (χ1n) is 12.1. The third kappa shape index (κ3) is 7.52. The number of hydrogen-bond donors (Lipinski definition) is 0. The van der Waals surface area contributed by atoms with E-state index < -0.39 is 30.8 Å². The Morgan fingerprint density at radius 3 is 2.29 bits per heavy atom. The van der Waals surface area contributed by atoms with E-state index in [9.17, 15) is 26.9 Å². The van der Waals surface area contributed by atoms with Gasteiger partial charge in [0, 0.05) is 57.9 Å². The molecule has 1 aliphatic heterocycles. The van der Waals surface area contributed by atoms with Crippen molar-refractivity contribution in [2.24, 2.45) is 0 Å². The van der Waals surface area contributed by atoms with Gasteiger partial charge in [0.05, 0.1) is 29.0 Å². The molecule has 0 N–H and O–H groups in total. The molecule has 2 aromatic carbocycles. The van der Waals surface area contributed by atoms with Gasteiger partial charge in [-0.2, -0.15) is 12.7 Å². The van der Waals surface area contributed by atoms with E-state index in [-0.39, 0.29) is 42.4 Å². The minimum atomic E-state index is -4.19. The van der Waals surface area contributed by atoms with Crippen LogP contribution in [0.15, 0.2) is 47.4 Å². The highest BCUT2D eigenvalue weighted by Crippen LogP contribution is 2.36. The molecule has 0 radical (unpaired) electrons. The molecule has 0 aromatic heterocycles. The molecule has 2 aromatic rings. The highest BCUT2D eigenvalue weighted by atomic mass is 32.2. The number of nitro benzene ring substituents is 1. The molecule has 1 heterocycles. The van der Waals surface area contributed by atoms with Crippen LogP contribution in [0.5, 0.6) is 0 Å². The van der Waals surface area contributed by atoms with Crippen molar-refractivity contribution in [1.29, 1.82) is 0 Å². The number of terminal acetylenes is 1. The molecule has 0 spiro atoms. The number of hydrogen-bond acceptors (Lipinski definition) is 9. The lowest BCUT2D eigenvalue weighted by Crippen LogP contribution is -2.48. The topological polar surface area (TPSA) is 130 Å². The van der Waals surface area contributed by atoms with Crippen molar-refractivity contribution in [1.82, 2.24) is 9.21 Å². The van der Waals surface area contributed by atoms with Gasteiger partial charge in [0.25, 0.3) is 15.8 Å². The largest absolute Gasteiger partial charge is 0.367 e. The van der Waals surface area contributed by atoms with Crippen LogP contribution in [0.3, 0.4) is 0 Å². The number of nitro groups is 1. The summed E-state index contributed by atoms with van der Waals surface area (Å²) >= 11 is 0.